The lowest BCUT2D eigenvalue weighted by atomic mass is 10.0. The molecule has 6 heteroatoms. The Balaban J connectivity index is 1.73. The fourth-order valence-electron chi connectivity index (χ4n) is 2.34. The topological polar surface area (TPSA) is 72.9 Å². The molecule has 6 nitrogen and oxygen atoms in total. The Bertz CT molecular complexity index is 784. The van der Waals surface area contributed by atoms with Gasteiger partial charge in [-0.1, -0.05) is 6.92 Å². The molecule has 2 aromatic heterocycles. The predicted octanol–water partition coefficient (Wildman–Crippen LogP) is 2.64. The van der Waals surface area contributed by atoms with Gasteiger partial charge in [0, 0.05) is 11.5 Å². The summed E-state index contributed by atoms with van der Waals surface area (Å²) in [5.41, 5.74) is 2.44. The van der Waals surface area contributed by atoms with Gasteiger partial charge < -0.3 is 14.5 Å². The quantitative estimate of drug-likeness (QED) is 0.773. The molecule has 1 N–H and O–H groups in total. The van der Waals surface area contributed by atoms with Crippen molar-refractivity contribution in [1.29, 1.82) is 0 Å². The Kier molecular flexibility index (Phi) is 2.35. The van der Waals surface area contributed by atoms with E-state index >= 15 is 0 Å². The number of aromatic amines is 1. The Morgan fingerprint density at radius 2 is 2.25 bits per heavy atom. The zero-order chi connectivity index (χ0) is 13.5. The molecule has 0 radical (unpaired) electrons. The highest BCUT2D eigenvalue weighted by molar-refractivity contribution is 5.75. The van der Waals surface area contributed by atoms with Gasteiger partial charge >= 0.3 is 0 Å². The molecule has 0 spiro atoms. The van der Waals surface area contributed by atoms with Crippen LogP contribution in [0.3, 0.4) is 0 Å². The van der Waals surface area contributed by atoms with Crippen LogP contribution in [-0.2, 0) is 0 Å². The minimum atomic E-state index is 0.379. The van der Waals surface area contributed by atoms with E-state index in [0.717, 1.165) is 23.7 Å². The van der Waals surface area contributed by atoms with Gasteiger partial charge in [-0.05, 0) is 18.2 Å². The summed E-state index contributed by atoms with van der Waals surface area (Å²) in [6.45, 7) is 2.85. The number of nitrogens with one attached hydrogen (secondary N) is 1. The number of imidazole rings is 1. The zero-order valence-electron chi connectivity index (χ0n) is 10.8. The summed E-state index contributed by atoms with van der Waals surface area (Å²) in [5, 5.41) is 0. The lowest BCUT2D eigenvalue weighted by Crippen LogP contribution is -1.94. The van der Waals surface area contributed by atoms with Crippen molar-refractivity contribution >= 4 is 11.2 Å². The molecule has 0 amide bonds. The fraction of sp³-hybridized carbons (Fsp3) is 0.214. The van der Waals surface area contributed by atoms with Crippen molar-refractivity contribution < 1.29 is 9.47 Å². The molecular weight excluding hydrogens is 256 g/mol. The minimum absolute atomic E-state index is 0.379. The maximum absolute atomic E-state index is 5.83. The van der Waals surface area contributed by atoms with E-state index in [9.17, 15) is 0 Å². The van der Waals surface area contributed by atoms with E-state index in [1.807, 2.05) is 18.2 Å². The molecule has 0 fully saturated rings. The smallest absolute Gasteiger partial charge is 0.250 e. The third-order valence-corrected chi connectivity index (χ3v) is 3.40. The number of ether oxygens (including phenoxy) is 2. The molecule has 0 saturated heterocycles. The molecule has 0 bridgehead atoms. The van der Waals surface area contributed by atoms with Gasteiger partial charge in [0.2, 0.25) is 0 Å². The van der Waals surface area contributed by atoms with Gasteiger partial charge in [0.05, 0.1) is 12.9 Å². The summed E-state index contributed by atoms with van der Waals surface area (Å²) in [4.78, 5) is 15.3. The minimum Gasteiger partial charge on any atom is -0.493 e. The second kappa shape index (κ2) is 4.19. The lowest BCUT2D eigenvalue weighted by Gasteiger charge is -2.07. The fourth-order valence-corrected chi connectivity index (χ4v) is 2.34. The van der Waals surface area contributed by atoms with E-state index in [0.29, 0.717) is 23.0 Å². The zero-order valence-corrected chi connectivity index (χ0v) is 10.8. The third-order valence-electron chi connectivity index (χ3n) is 3.40. The lowest BCUT2D eigenvalue weighted by molar-refractivity contribution is 0.337. The van der Waals surface area contributed by atoms with Crippen molar-refractivity contribution in [3.8, 4) is 17.4 Å². The molecule has 1 aliphatic heterocycles. The number of aromatic nitrogens is 4. The summed E-state index contributed by atoms with van der Waals surface area (Å²) < 4.78 is 11.4. The maximum Gasteiger partial charge on any atom is 0.250 e. The molecule has 0 saturated carbocycles. The van der Waals surface area contributed by atoms with Crippen LogP contribution >= 0.6 is 0 Å². The average molecular weight is 268 g/mol. The largest absolute Gasteiger partial charge is 0.493 e. The van der Waals surface area contributed by atoms with Gasteiger partial charge in [0.1, 0.15) is 17.8 Å². The number of nitrogens with zero attached hydrogens (tertiary/aromatic N) is 3. The number of H-pyrrole nitrogens is 1. The van der Waals surface area contributed by atoms with Crippen LogP contribution < -0.4 is 9.47 Å². The molecule has 1 atom stereocenters. The Labute approximate surface area is 114 Å². The van der Waals surface area contributed by atoms with Crippen LogP contribution in [0.15, 0.2) is 30.9 Å². The molecule has 4 rings (SSSR count). The Hall–Kier alpha value is -2.63. The van der Waals surface area contributed by atoms with E-state index in [1.165, 1.54) is 6.33 Å². The third kappa shape index (κ3) is 1.69. The van der Waals surface area contributed by atoms with Crippen molar-refractivity contribution in [3.05, 3.63) is 36.4 Å². The first-order valence-electron chi connectivity index (χ1n) is 6.40. The summed E-state index contributed by atoms with van der Waals surface area (Å²) >= 11 is 0. The highest BCUT2D eigenvalue weighted by atomic mass is 16.5. The molecule has 3 heterocycles. The van der Waals surface area contributed by atoms with E-state index in [4.69, 9.17) is 9.47 Å². The molecule has 100 valence electrons. The highest BCUT2D eigenvalue weighted by Gasteiger charge is 2.21. The normalized spacial score (nSPS) is 16.9. The van der Waals surface area contributed by atoms with Crippen molar-refractivity contribution in [2.24, 2.45) is 0 Å². The van der Waals surface area contributed by atoms with Crippen LogP contribution in [0.4, 0.5) is 0 Å². The van der Waals surface area contributed by atoms with Crippen molar-refractivity contribution in [2.45, 2.75) is 12.8 Å². The van der Waals surface area contributed by atoms with E-state index in [1.54, 1.807) is 6.33 Å². The first-order chi connectivity index (χ1) is 9.81. The van der Waals surface area contributed by atoms with Gasteiger partial charge in [-0.2, -0.15) is 4.98 Å². The highest BCUT2D eigenvalue weighted by Crippen LogP contribution is 2.37. The molecular formula is C14H12N4O2. The summed E-state index contributed by atoms with van der Waals surface area (Å²) in [6, 6.07) is 5.79. The standard InChI is InChI=1S/C14H12N4O2/c1-8-5-19-11-3-2-9(4-10(8)11)20-14-12-13(16-6-15-12)17-7-18-14/h2-4,6-8H,5H2,1H3,(H,15,16,17,18)/t8-/m1/s1. The first-order valence-corrected chi connectivity index (χ1v) is 6.40. The molecule has 1 aliphatic rings. The first kappa shape index (κ1) is 11.2. The average Bonchev–Trinajstić information content (AvgIpc) is 3.07. The van der Waals surface area contributed by atoms with Crippen LogP contribution in [0.1, 0.15) is 18.4 Å². The summed E-state index contributed by atoms with van der Waals surface area (Å²) in [6.07, 6.45) is 3.03. The van der Waals surface area contributed by atoms with Crippen molar-refractivity contribution in [1.82, 2.24) is 19.9 Å². The van der Waals surface area contributed by atoms with Gasteiger partial charge in [0.25, 0.3) is 5.88 Å². The second-order valence-corrected chi connectivity index (χ2v) is 4.79. The number of rotatable bonds is 2. The number of hydrogen-bond donors (Lipinski definition) is 1. The Morgan fingerprint density at radius 1 is 1.30 bits per heavy atom. The summed E-state index contributed by atoms with van der Waals surface area (Å²) in [5.74, 6) is 2.48. The van der Waals surface area contributed by atoms with Gasteiger partial charge in [-0.25, -0.2) is 9.97 Å². The maximum atomic E-state index is 5.83. The molecule has 20 heavy (non-hydrogen) atoms. The van der Waals surface area contributed by atoms with Crippen LogP contribution in [0.25, 0.3) is 11.2 Å². The van der Waals surface area contributed by atoms with Gasteiger partial charge in [0.15, 0.2) is 11.2 Å². The number of benzene rings is 1. The predicted molar refractivity (Wildman–Crippen MR) is 72.1 cm³/mol. The molecule has 0 unspecified atom stereocenters. The number of hydrogen-bond acceptors (Lipinski definition) is 5. The van der Waals surface area contributed by atoms with Crippen molar-refractivity contribution in [2.75, 3.05) is 6.61 Å². The van der Waals surface area contributed by atoms with Gasteiger partial charge in [-0.15, -0.1) is 0 Å². The van der Waals surface area contributed by atoms with Crippen molar-refractivity contribution in [3.63, 3.8) is 0 Å². The van der Waals surface area contributed by atoms with Crippen LogP contribution in [0, 0.1) is 0 Å². The molecule has 1 aromatic carbocycles. The number of fused-ring (bicyclic) bond motifs is 2. The monoisotopic (exact) mass is 268 g/mol. The second-order valence-electron chi connectivity index (χ2n) is 4.79. The van der Waals surface area contributed by atoms with Crippen LogP contribution in [-0.4, -0.2) is 26.5 Å². The van der Waals surface area contributed by atoms with E-state index < -0.39 is 0 Å². The van der Waals surface area contributed by atoms with Crippen LogP contribution in [0.2, 0.25) is 0 Å². The van der Waals surface area contributed by atoms with Crippen LogP contribution in [0.5, 0.6) is 17.4 Å². The molecule has 0 aliphatic carbocycles. The SMILES string of the molecule is C[C@@H]1COc2ccc(Oc3ncnc4[nH]cnc34)cc21. The van der Waals surface area contributed by atoms with E-state index in [-0.39, 0.29) is 0 Å². The van der Waals surface area contributed by atoms with E-state index in [2.05, 4.69) is 26.9 Å². The Morgan fingerprint density at radius 3 is 3.20 bits per heavy atom. The molecule has 3 aromatic rings. The summed E-state index contributed by atoms with van der Waals surface area (Å²) in [7, 11) is 0. The van der Waals surface area contributed by atoms with Gasteiger partial charge in [-0.3, -0.25) is 0 Å².